The van der Waals surface area contributed by atoms with Crippen molar-refractivity contribution in [2.45, 2.75) is 19.4 Å². The number of halogens is 2. The Kier molecular flexibility index (Phi) is 3.52. The maximum Gasteiger partial charge on any atom is 0.172 e. The minimum Gasteiger partial charge on any atom is -0.391 e. The number of hydrogen-bond acceptors (Lipinski definition) is 3. The number of anilines is 1. The molecular formula is C15H16ClFN2O. The zero-order chi connectivity index (χ0) is 14.3. The third kappa shape index (κ3) is 2.23. The van der Waals surface area contributed by atoms with Gasteiger partial charge in [-0.05, 0) is 30.5 Å². The normalized spacial score (nSPS) is 23.3. The molecule has 0 spiro atoms. The van der Waals surface area contributed by atoms with Gasteiger partial charge >= 0.3 is 0 Å². The Labute approximate surface area is 122 Å². The van der Waals surface area contributed by atoms with Gasteiger partial charge in [0.05, 0.1) is 16.8 Å². The Morgan fingerprint density at radius 1 is 1.40 bits per heavy atom. The highest BCUT2D eigenvalue weighted by Gasteiger charge is 2.26. The van der Waals surface area contributed by atoms with Crippen LogP contribution in [0.1, 0.15) is 13.3 Å². The first-order chi connectivity index (χ1) is 9.58. The Hall–Kier alpha value is -1.39. The van der Waals surface area contributed by atoms with Gasteiger partial charge in [-0.1, -0.05) is 18.5 Å². The highest BCUT2D eigenvalue weighted by atomic mass is 35.5. The second-order valence-electron chi connectivity index (χ2n) is 5.37. The molecule has 1 aliphatic heterocycles. The number of β-amino-alcohol motifs (C(OH)–C–C–N with tert-alkyl or cyclic N) is 1. The van der Waals surface area contributed by atoms with E-state index in [1.54, 1.807) is 18.2 Å². The number of benzene rings is 1. The average Bonchev–Trinajstić information content (AvgIpc) is 2.43. The van der Waals surface area contributed by atoms with Gasteiger partial charge in [-0.2, -0.15) is 0 Å². The molecular weight excluding hydrogens is 279 g/mol. The fourth-order valence-electron chi connectivity index (χ4n) is 2.65. The molecule has 1 aromatic carbocycles. The molecule has 0 saturated carbocycles. The van der Waals surface area contributed by atoms with E-state index in [9.17, 15) is 9.50 Å². The lowest BCUT2D eigenvalue weighted by atomic mass is 9.95. The van der Waals surface area contributed by atoms with Crippen molar-refractivity contribution in [2.75, 3.05) is 18.0 Å². The van der Waals surface area contributed by atoms with Crippen molar-refractivity contribution >= 4 is 28.2 Å². The number of hydrogen-bond donors (Lipinski definition) is 1. The molecule has 20 heavy (non-hydrogen) atoms. The number of pyridine rings is 1. The molecule has 5 heteroatoms. The molecule has 1 N–H and O–H groups in total. The number of aliphatic hydroxyl groups is 1. The Balaban J connectivity index is 2.03. The zero-order valence-electron chi connectivity index (χ0n) is 11.2. The molecule has 0 amide bonds. The lowest BCUT2D eigenvalue weighted by Crippen LogP contribution is -2.43. The summed E-state index contributed by atoms with van der Waals surface area (Å²) in [4.78, 5) is 5.96. The topological polar surface area (TPSA) is 36.4 Å². The van der Waals surface area contributed by atoms with Crippen LogP contribution in [-0.2, 0) is 0 Å². The van der Waals surface area contributed by atoms with Crippen molar-refractivity contribution in [3.63, 3.8) is 0 Å². The number of fused-ring (bicyclic) bond motifs is 1. The number of piperidine rings is 1. The van der Waals surface area contributed by atoms with Gasteiger partial charge in [0.15, 0.2) is 5.82 Å². The van der Waals surface area contributed by atoms with Gasteiger partial charge in [-0.3, -0.25) is 4.98 Å². The molecule has 1 saturated heterocycles. The van der Waals surface area contributed by atoms with Crippen LogP contribution >= 0.6 is 11.6 Å². The number of rotatable bonds is 1. The molecule has 3 nitrogen and oxygen atoms in total. The second-order valence-corrected chi connectivity index (χ2v) is 5.77. The summed E-state index contributed by atoms with van der Waals surface area (Å²) >= 11 is 6.05. The molecule has 3 rings (SSSR count). The molecule has 2 heterocycles. The van der Waals surface area contributed by atoms with E-state index in [1.165, 1.54) is 6.20 Å². The molecule has 2 unspecified atom stereocenters. The maximum atomic E-state index is 14.6. The number of aliphatic hydroxyl groups excluding tert-OH is 1. The maximum absolute atomic E-state index is 14.6. The second kappa shape index (κ2) is 5.19. The minimum atomic E-state index is -0.425. The fourth-order valence-corrected chi connectivity index (χ4v) is 2.86. The van der Waals surface area contributed by atoms with Gasteiger partial charge in [0, 0.05) is 24.7 Å². The van der Waals surface area contributed by atoms with Gasteiger partial charge in [0.1, 0.15) is 5.52 Å². The monoisotopic (exact) mass is 294 g/mol. The van der Waals surface area contributed by atoms with E-state index in [-0.39, 0.29) is 17.3 Å². The van der Waals surface area contributed by atoms with Gasteiger partial charge in [0.2, 0.25) is 0 Å². The lowest BCUT2D eigenvalue weighted by Gasteiger charge is -2.36. The van der Waals surface area contributed by atoms with Crippen molar-refractivity contribution in [2.24, 2.45) is 5.92 Å². The molecule has 2 atom stereocenters. The van der Waals surface area contributed by atoms with Crippen LogP contribution in [0.15, 0.2) is 24.4 Å². The summed E-state index contributed by atoms with van der Waals surface area (Å²) in [6, 6.07) is 5.15. The van der Waals surface area contributed by atoms with Crippen LogP contribution in [0.25, 0.3) is 10.9 Å². The van der Waals surface area contributed by atoms with Crippen LogP contribution in [0.2, 0.25) is 5.02 Å². The first-order valence-corrected chi connectivity index (χ1v) is 7.11. The molecule has 0 aliphatic carbocycles. The van der Waals surface area contributed by atoms with Crippen molar-refractivity contribution < 1.29 is 9.50 Å². The average molecular weight is 295 g/mol. The quantitative estimate of drug-likeness (QED) is 0.877. The third-order valence-corrected chi connectivity index (χ3v) is 4.37. The molecule has 106 valence electrons. The third-order valence-electron chi connectivity index (χ3n) is 4.04. The van der Waals surface area contributed by atoms with E-state index < -0.39 is 6.10 Å². The van der Waals surface area contributed by atoms with Crippen LogP contribution in [0.4, 0.5) is 10.1 Å². The lowest BCUT2D eigenvalue weighted by molar-refractivity contribution is 0.102. The predicted molar refractivity (Wildman–Crippen MR) is 78.7 cm³/mol. The summed E-state index contributed by atoms with van der Waals surface area (Å²) in [5.41, 5.74) is 0.765. The highest BCUT2D eigenvalue weighted by molar-refractivity contribution is 6.35. The standard InChI is InChI=1S/C15H16ClFN2O/c1-9-5-7-19(8-13(9)20)12-3-2-10-11(16)4-6-18-15(10)14(12)17/h2-4,6,9,13,20H,5,7-8H2,1H3. The van der Waals surface area contributed by atoms with Crippen molar-refractivity contribution in [3.8, 4) is 0 Å². The van der Waals surface area contributed by atoms with Crippen LogP contribution in [0.3, 0.4) is 0 Å². The summed E-state index contributed by atoms with van der Waals surface area (Å²) in [6.45, 7) is 3.20. The number of aromatic nitrogens is 1. The van der Waals surface area contributed by atoms with Crippen LogP contribution in [-0.4, -0.2) is 29.3 Å². The molecule has 2 aromatic rings. The van der Waals surface area contributed by atoms with E-state index in [0.717, 1.165) is 13.0 Å². The minimum absolute atomic E-state index is 0.252. The molecule has 1 fully saturated rings. The molecule has 0 radical (unpaired) electrons. The van der Waals surface area contributed by atoms with Crippen LogP contribution in [0.5, 0.6) is 0 Å². The Morgan fingerprint density at radius 3 is 2.95 bits per heavy atom. The van der Waals surface area contributed by atoms with E-state index in [0.29, 0.717) is 22.6 Å². The summed E-state index contributed by atoms with van der Waals surface area (Å²) in [5, 5.41) is 11.1. The Bertz CT molecular complexity index is 649. The first kappa shape index (κ1) is 13.6. The van der Waals surface area contributed by atoms with Crippen LogP contribution < -0.4 is 4.90 Å². The van der Waals surface area contributed by atoms with E-state index in [2.05, 4.69) is 4.98 Å². The van der Waals surface area contributed by atoms with E-state index in [1.807, 2.05) is 11.8 Å². The largest absolute Gasteiger partial charge is 0.391 e. The summed E-state index contributed by atoms with van der Waals surface area (Å²) < 4.78 is 14.6. The van der Waals surface area contributed by atoms with Crippen LogP contribution in [0, 0.1) is 11.7 Å². The Morgan fingerprint density at radius 2 is 2.20 bits per heavy atom. The van der Waals surface area contributed by atoms with Gasteiger partial charge in [-0.15, -0.1) is 0 Å². The molecule has 1 aromatic heterocycles. The van der Waals surface area contributed by atoms with Crippen molar-refractivity contribution in [1.29, 1.82) is 0 Å². The first-order valence-electron chi connectivity index (χ1n) is 6.73. The van der Waals surface area contributed by atoms with Crippen molar-refractivity contribution in [1.82, 2.24) is 4.98 Å². The fraction of sp³-hybridized carbons (Fsp3) is 0.400. The summed E-state index contributed by atoms with van der Waals surface area (Å²) in [5.74, 6) is -0.117. The molecule has 1 aliphatic rings. The van der Waals surface area contributed by atoms with Gasteiger partial charge in [0.25, 0.3) is 0 Å². The SMILES string of the molecule is CC1CCN(c2ccc3c(Cl)ccnc3c2F)CC1O. The van der Waals surface area contributed by atoms with Crippen molar-refractivity contribution in [3.05, 3.63) is 35.2 Å². The van der Waals surface area contributed by atoms with E-state index in [4.69, 9.17) is 11.6 Å². The zero-order valence-corrected chi connectivity index (χ0v) is 11.9. The smallest absolute Gasteiger partial charge is 0.172 e. The van der Waals surface area contributed by atoms with Gasteiger partial charge < -0.3 is 10.0 Å². The summed E-state index contributed by atoms with van der Waals surface area (Å²) in [7, 11) is 0. The number of nitrogens with zero attached hydrogens (tertiary/aromatic N) is 2. The van der Waals surface area contributed by atoms with Gasteiger partial charge in [-0.25, -0.2) is 4.39 Å². The summed E-state index contributed by atoms with van der Waals surface area (Å²) in [6.07, 6.45) is 1.93. The highest BCUT2D eigenvalue weighted by Crippen LogP contribution is 2.32. The predicted octanol–water partition coefficient (Wildman–Crippen LogP) is 3.23. The molecule has 0 bridgehead atoms. The van der Waals surface area contributed by atoms with E-state index >= 15 is 0 Å².